The third-order valence-electron chi connectivity index (χ3n) is 3.90. The smallest absolute Gasteiger partial charge is 0.187 e. The van der Waals surface area contributed by atoms with E-state index in [2.05, 4.69) is 10.1 Å². The Morgan fingerprint density at radius 3 is 2.71 bits per heavy atom. The van der Waals surface area contributed by atoms with Crippen molar-refractivity contribution in [3.05, 3.63) is 66.5 Å². The van der Waals surface area contributed by atoms with Crippen molar-refractivity contribution in [2.75, 3.05) is 0 Å². The predicted molar refractivity (Wildman–Crippen MR) is 90.6 cm³/mol. The van der Waals surface area contributed by atoms with Crippen LogP contribution in [0, 0.1) is 12.7 Å². The minimum atomic E-state index is -0.278. The summed E-state index contributed by atoms with van der Waals surface area (Å²) in [4.78, 5) is 4.21. The van der Waals surface area contributed by atoms with Crippen LogP contribution >= 0.6 is 12.3 Å². The Kier molecular flexibility index (Phi) is 3.57. The van der Waals surface area contributed by atoms with Crippen LogP contribution in [0.4, 0.5) is 8.28 Å². The van der Waals surface area contributed by atoms with Gasteiger partial charge >= 0.3 is 0 Å². The fraction of sp³-hybridized carbons (Fsp3) is 0.0588. The lowest BCUT2D eigenvalue weighted by Gasteiger charge is -2.05. The molecule has 0 N–H and O–H groups in total. The summed E-state index contributed by atoms with van der Waals surface area (Å²) in [5.41, 5.74) is 4.32. The molecule has 1 aromatic carbocycles. The average molecular weight is 342 g/mol. The molecular weight excluding hydrogens is 330 g/mol. The zero-order valence-electron chi connectivity index (χ0n) is 12.6. The van der Waals surface area contributed by atoms with Crippen LogP contribution in [0.15, 0.2) is 55.1 Å². The maximum absolute atomic E-state index is 13.5. The highest BCUT2D eigenvalue weighted by atomic mass is 32.2. The van der Waals surface area contributed by atoms with Gasteiger partial charge in [-0.05, 0) is 42.8 Å². The van der Waals surface area contributed by atoms with Gasteiger partial charge in [0.2, 0.25) is 0 Å². The number of imidazole rings is 1. The Balaban J connectivity index is 1.91. The quantitative estimate of drug-likeness (QED) is 0.542. The van der Waals surface area contributed by atoms with Crippen LogP contribution in [-0.4, -0.2) is 18.6 Å². The van der Waals surface area contributed by atoms with Gasteiger partial charge < -0.3 is 4.40 Å². The van der Waals surface area contributed by atoms with E-state index >= 15 is 0 Å². The molecule has 120 valence electrons. The molecule has 3 heterocycles. The molecule has 0 atom stereocenters. The molecule has 3 aromatic heterocycles. The maximum Gasteiger partial charge on any atom is 0.187 e. The number of hydrogen-bond acceptors (Lipinski definition) is 3. The van der Waals surface area contributed by atoms with Crippen LogP contribution in [0.5, 0.6) is 0 Å². The van der Waals surface area contributed by atoms with E-state index < -0.39 is 0 Å². The van der Waals surface area contributed by atoms with E-state index in [0.717, 1.165) is 26.4 Å². The number of fused-ring (bicyclic) bond motifs is 1. The van der Waals surface area contributed by atoms with Gasteiger partial charge in [-0.2, -0.15) is 9.19 Å². The number of nitrogens with zero attached hydrogens (tertiary/aromatic N) is 4. The van der Waals surface area contributed by atoms with Crippen LogP contribution in [0.2, 0.25) is 0 Å². The highest BCUT2D eigenvalue weighted by Gasteiger charge is 2.15. The Morgan fingerprint density at radius 2 is 1.92 bits per heavy atom. The van der Waals surface area contributed by atoms with E-state index in [1.165, 1.54) is 6.07 Å². The molecule has 0 aliphatic carbocycles. The summed E-state index contributed by atoms with van der Waals surface area (Å²) < 4.78 is 29.6. The summed E-state index contributed by atoms with van der Waals surface area (Å²) >= 11 is 0.0181. The largest absolute Gasteiger partial charge is 0.306 e. The van der Waals surface area contributed by atoms with E-state index in [1.54, 1.807) is 31.5 Å². The molecular formula is C17H12F2N4S. The molecule has 4 nitrogen and oxygen atoms in total. The second-order valence-corrected chi connectivity index (χ2v) is 5.95. The summed E-state index contributed by atoms with van der Waals surface area (Å²) in [5.74, 6) is -0.278. The van der Waals surface area contributed by atoms with Crippen LogP contribution < -0.4 is 0 Å². The molecule has 0 fully saturated rings. The molecule has 0 saturated carbocycles. The van der Waals surface area contributed by atoms with Crippen molar-refractivity contribution >= 4 is 18.0 Å². The SMILES string of the molecule is Cc1cc(-c2nn(SF)cc2-c2ccc3nccn3c2)ccc1F. The average Bonchev–Trinajstić information content (AvgIpc) is 3.22. The van der Waals surface area contributed by atoms with Crippen LogP contribution in [0.25, 0.3) is 28.0 Å². The first-order valence-corrected chi connectivity index (χ1v) is 7.91. The first-order valence-electron chi connectivity index (χ1n) is 7.24. The van der Waals surface area contributed by atoms with E-state index in [1.807, 2.05) is 28.9 Å². The summed E-state index contributed by atoms with van der Waals surface area (Å²) in [6.07, 6.45) is 7.09. The Bertz CT molecular complexity index is 1040. The second kappa shape index (κ2) is 5.76. The number of aromatic nitrogens is 4. The van der Waals surface area contributed by atoms with Crippen LogP contribution in [0.3, 0.4) is 0 Å². The third kappa shape index (κ3) is 2.46. The number of benzene rings is 1. The van der Waals surface area contributed by atoms with Gasteiger partial charge in [-0.25, -0.2) is 9.37 Å². The fourth-order valence-corrected chi connectivity index (χ4v) is 2.94. The minimum Gasteiger partial charge on any atom is -0.306 e. The standard InChI is InChI=1S/C17H12F2N4S/c1-11-8-12(2-4-15(11)18)17-14(10-23(21-17)24-19)13-3-5-16-20-6-7-22(16)9-13/h2-10H,1H3. The van der Waals surface area contributed by atoms with Crippen LogP contribution in [-0.2, 0) is 0 Å². The molecule has 24 heavy (non-hydrogen) atoms. The molecule has 0 saturated heterocycles. The minimum absolute atomic E-state index is 0.0181. The molecule has 0 bridgehead atoms. The second-order valence-electron chi connectivity index (χ2n) is 5.44. The van der Waals surface area contributed by atoms with Crippen molar-refractivity contribution in [3.63, 3.8) is 0 Å². The Labute approximate surface area is 141 Å². The van der Waals surface area contributed by atoms with Gasteiger partial charge in [-0.1, -0.05) is 0 Å². The first kappa shape index (κ1) is 14.9. The van der Waals surface area contributed by atoms with E-state index in [0.29, 0.717) is 11.3 Å². The van der Waals surface area contributed by atoms with E-state index in [4.69, 9.17) is 0 Å². The van der Waals surface area contributed by atoms with Crippen molar-refractivity contribution in [1.29, 1.82) is 0 Å². The lowest BCUT2D eigenvalue weighted by atomic mass is 10.0. The van der Waals surface area contributed by atoms with Crippen molar-refractivity contribution in [3.8, 4) is 22.4 Å². The zero-order valence-corrected chi connectivity index (χ0v) is 13.5. The van der Waals surface area contributed by atoms with Gasteiger partial charge in [-0.3, -0.25) is 0 Å². The molecule has 4 aromatic rings. The molecule has 0 radical (unpaired) electrons. The normalized spacial score (nSPS) is 11.3. The molecule has 4 rings (SSSR count). The molecule has 7 heteroatoms. The summed E-state index contributed by atoms with van der Waals surface area (Å²) in [6, 6.07) is 8.55. The lowest BCUT2D eigenvalue weighted by Crippen LogP contribution is -1.89. The summed E-state index contributed by atoms with van der Waals surface area (Å²) in [5, 5.41) is 4.27. The van der Waals surface area contributed by atoms with Crippen LogP contribution in [0.1, 0.15) is 5.56 Å². The van der Waals surface area contributed by atoms with Gasteiger partial charge in [0.25, 0.3) is 0 Å². The molecule has 0 unspecified atom stereocenters. The molecule has 0 amide bonds. The summed E-state index contributed by atoms with van der Waals surface area (Å²) in [6.45, 7) is 1.69. The van der Waals surface area contributed by atoms with Gasteiger partial charge in [0.05, 0.1) is 0 Å². The lowest BCUT2D eigenvalue weighted by molar-refractivity contribution is 0.618. The van der Waals surface area contributed by atoms with Gasteiger partial charge in [0, 0.05) is 41.5 Å². The monoisotopic (exact) mass is 342 g/mol. The third-order valence-corrected chi connectivity index (χ3v) is 4.22. The van der Waals surface area contributed by atoms with Crippen molar-refractivity contribution in [1.82, 2.24) is 18.6 Å². The van der Waals surface area contributed by atoms with Crippen molar-refractivity contribution in [2.24, 2.45) is 0 Å². The molecule has 0 spiro atoms. The van der Waals surface area contributed by atoms with Crippen molar-refractivity contribution in [2.45, 2.75) is 6.92 Å². The maximum atomic E-state index is 13.5. The van der Waals surface area contributed by atoms with Gasteiger partial charge in [0.15, 0.2) is 12.3 Å². The van der Waals surface area contributed by atoms with Gasteiger partial charge in [0.1, 0.15) is 17.2 Å². The number of aryl methyl sites for hydroxylation is 1. The molecule has 0 aliphatic rings. The number of halogens is 2. The fourth-order valence-electron chi connectivity index (χ4n) is 2.68. The topological polar surface area (TPSA) is 35.1 Å². The number of pyridine rings is 1. The Morgan fingerprint density at radius 1 is 1.08 bits per heavy atom. The summed E-state index contributed by atoms with van der Waals surface area (Å²) in [7, 11) is 0. The van der Waals surface area contributed by atoms with Crippen molar-refractivity contribution < 1.29 is 8.28 Å². The molecule has 0 aliphatic heterocycles. The van der Waals surface area contributed by atoms with E-state index in [9.17, 15) is 8.28 Å². The Hall–Kier alpha value is -2.67. The number of hydrogen-bond donors (Lipinski definition) is 0. The highest BCUT2D eigenvalue weighted by Crippen LogP contribution is 2.33. The number of rotatable bonds is 3. The first-order chi connectivity index (χ1) is 11.7. The highest BCUT2D eigenvalue weighted by molar-refractivity contribution is 7.92. The van der Waals surface area contributed by atoms with E-state index in [-0.39, 0.29) is 18.2 Å². The zero-order chi connectivity index (χ0) is 16.7. The predicted octanol–water partition coefficient (Wildman–Crippen LogP) is 4.69. The van der Waals surface area contributed by atoms with Gasteiger partial charge in [-0.15, -0.1) is 3.89 Å².